The highest BCUT2D eigenvalue weighted by atomic mass is 32.2. The highest BCUT2D eigenvalue weighted by Crippen LogP contribution is 2.33. The van der Waals surface area contributed by atoms with Gasteiger partial charge in [0.2, 0.25) is 0 Å². The average molecular weight is 357 g/mol. The minimum Gasteiger partial charge on any atom is -0.336 e. The van der Waals surface area contributed by atoms with Crippen LogP contribution in [0.3, 0.4) is 0 Å². The maximum Gasteiger partial charge on any atom is 0.270 e. The fraction of sp³-hybridized carbons (Fsp3) is 0.278. The van der Waals surface area contributed by atoms with Gasteiger partial charge in [-0.15, -0.1) is 0 Å². The summed E-state index contributed by atoms with van der Waals surface area (Å²) in [6.07, 6.45) is 0. The molecule has 3 rings (SSSR count). The second-order valence-corrected chi connectivity index (χ2v) is 7.07. The van der Waals surface area contributed by atoms with Crippen LogP contribution in [0.2, 0.25) is 0 Å². The molecule has 1 heterocycles. The van der Waals surface area contributed by atoms with Gasteiger partial charge in [0.25, 0.3) is 11.6 Å². The predicted octanol–water partition coefficient (Wildman–Crippen LogP) is 3.18. The Kier molecular flexibility index (Phi) is 5.35. The van der Waals surface area contributed by atoms with Gasteiger partial charge in [0.1, 0.15) is 0 Å². The van der Waals surface area contributed by atoms with Crippen molar-refractivity contribution in [2.75, 3.05) is 19.6 Å². The molecule has 0 spiro atoms. The number of carbonyl (C=O) groups excluding carboxylic acids is 1. The Bertz CT molecular complexity index is 782. The smallest absolute Gasteiger partial charge is 0.270 e. The van der Waals surface area contributed by atoms with Crippen LogP contribution in [-0.2, 0) is 0 Å². The number of nitro groups is 1. The van der Waals surface area contributed by atoms with Crippen LogP contribution >= 0.6 is 11.8 Å². The maximum atomic E-state index is 13.0. The largest absolute Gasteiger partial charge is 0.336 e. The molecule has 1 aliphatic heterocycles. The summed E-state index contributed by atoms with van der Waals surface area (Å²) in [5.74, 6) is -0.157. The van der Waals surface area contributed by atoms with Gasteiger partial charge in [-0.25, -0.2) is 0 Å². The predicted molar refractivity (Wildman–Crippen MR) is 97.0 cm³/mol. The van der Waals surface area contributed by atoms with Crippen molar-refractivity contribution >= 4 is 23.4 Å². The fourth-order valence-corrected chi connectivity index (χ4v) is 3.73. The minimum atomic E-state index is -0.464. The molecular formula is C18H19N3O3S. The summed E-state index contributed by atoms with van der Waals surface area (Å²) in [5, 5.41) is 14.4. The van der Waals surface area contributed by atoms with Crippen molar-refractivity contribution in [3.8, 4) is 0 Å². The standard InChI is InChI=1S/C18H19N3O3S/c1-13-12-20(10-9-19-13)18(22)16-11-14(21(23)24)7-8-17(16)25-15-5-3-2-4-6-15/h2-8,11,13,19H,9-10,12H2,1H3. The van der Waals surface area contributed by atoms with Crippen molar-refractivity contribution in [2.45, 2.75) is 22.8 Å². The molecule has 2 aromatic carbocycles. The number of nitro benzene ring substituents is 1. The molecule has 1 atom stereocenters. The summed E-state index contributed by atoms with van der Waals surface area (Å²) >= 11 is 1.44. The summed E-state index contributed by atoms with van der Waals surface area (Å²) in [6, 6.07) is 14.4. The van der Waals surface area contributed by atoms with Gasteiger partial charge in [-0.1, -0.05) is 30.0 Å². The highest BCUT2D eigenvalue weighted by molar-refractivity contribution is 7.99. The van der Waals surface area contributed by atoms with E-state index in [-0.39, 0.29) is 17.6 Å². The van der Waals surface area contributed by atoms with Crippen LogP contribution < -0.4 is 5.32 Å². The molecule has 1 unspecified atom stereocenters. The average Bonchev–Trinajstić information content (AvgIpc) is 2.62. The van der Waals surface area contributed by atoms with E-state index in [9.17, 15) is 14.9 Å². The molecular weight excluding hydrogens is 338 g/mol. The number of nitrogens with zero attached hydrogens (tertiary/aromatic N) is 2. The Hall–Kier alpha value is -2.38. The zero-order valence-electron chi connectivity index (χ0n) is 13.8. The lowest BCUT2D eigenvalue weighted by Gasteiger charge is -2.32. The molecule has 1 N–H and O–H groups in total. The first kappa shape index (κ1) is 17.4. The van der Waals surface area contributed by atoms with Gasteiger partial charge in [0.15, 0.2) is 0 Å². The lowest BCUT2D eigenvalue weighted by molar-refractivity contribution is -0.384. The fourth-order valence-electron chi connectivity index (χ4n) is 2.79. The van der Waals surface area contributed by atoms with E-state index in [0.29, 0.717) is 18.7 Å². The van der Waals surface area contributed by atoms with Crippen molar-refractivity contribution < 1.29 is 9.72 Å². The number of nitrogens with one attached hydrogen (secondary N) is 1. The third-order valence-electron chi connectivity index (χ3n) is 4.03. The topological polar surface area (TPSA) is 75.5 Å². The molecule has 0 aromatic heterocycles. The summed E-state index contributed by atoms with van der Waals surface area (Å²) in [6.45, 7) is 3.94. The van der Waals surface area contributed by atoms with E-state index in [4.69, 9.17) is 0 Å². The molecule has 130 valence electrons. The van der Waals surface area contributed by atoms with Crippen molar-refractivity contribution in [3.63, 3.8) is 0 Å². The molecule has 1 saturated heterocycles. The lowest BCUT2D eigenvalue weighted by Crippen LogP contribution is -2.51. The molecule has 7 heteroatoms. The molecule has 0 radical (unpaired) electrons. The van der Waals surface area contributed by atoms with Gasteiger partial charge in [-0.05, 0) is 25.1 Å². The van der Waals surface area contributed by atoms with Crippen LogP contribution in [0.1, 0.15) is 17.3 Å². The van der Waals surface area contributed by atoms with Crippen molar-refractivity contribution in [2.24, 2.45) is 0 Å². The molecule has 25 heavy (non-hydrogen) atoms. The molecule has 1 amide bonds. The summed E-state index contributed by atoms with van der Waals surface area (Å²) < 4.78 is 0. The second kappa shape index (κ2) is 7.67. The number of amides is 1. The molecule has 0 saturated carbocycles. The van der Waals surface area contributed by atoms with Gasteiger partial charge in [0, 0.05) is 47.6 Å². The van der Waals surface area contributed by atoms with Crippen LogP contribution in [0.25, 0.3) is 0 Å². The van der Waals surface area contributed by atoms with E-state index < -0.39 is 4.92 Å². The Labute approximate surface area is 150 Å². The molecule has 0 aliphatic carbocycles. The number of piperazine rings is 1. The van der Waals surface area contributed by atoms with Crippen LogP contribution in [0.4, 0.5) is 5.69 Å². The first-order valence-corrected chi connectivity index (χ1v) is 8.90. The molecule has 6 nitrogen and oxygen atoms in total. The van der Waals surface area contributed by atoms with E-state index in [0.717, 1.165) is 16.3 Å². The maximum absolute atomic E-state index is 13.0. The number of benzene rings is 2. The Morgan fingerprint density at radius 2 is 2.04 bits per heavy atom. The summed E-state index contributed by atoms with van der Waals surface area (Å²) in [7, 11) is 0. The SMILES string of the molecule is CC1CN(C(=O)c2cc([N+](=O)[O-])ccc2Sc2ccccc2)CCN1. The van der Waals surface area contributed by atoms with E-state index in [1.807, 2.05) is 37.3 Å². The zero-order valence-corrected chi connectivity index (χ0v) is 14.7. The Morgan fingerprint density at radius 1 is 1.28 bits per heavy atom. The number of hydrogen-bond donors (Lipinski definition) is 1. The Morgan fingerprint density at radius 3 is 2.72 bits per heavy atom. The molecule has 0 bridgehead atoms. The van der Waals surface area contributed by atoms with Gasteiger partial charge in [-0.2, -0.15) is 0 Å². The summed E-state index contributed by atoms with van der Waals surface area (Å²) in [4.78, 5) is 27.1. The first-order valence-electron chi connectivity index (χ1n) is 8.08. The van der Waals surface area contributed by atoms with E-state index in [2.05, 4.69) is 5.32 Å². The first-order chi connectivity index (χ1) is 12.0. The van der Waals surface area contributed by atoms with Crippen LogP contribution in [-0.4, -0.2) is 41.4 Å². The van der Waals surface area contributed by atoms with Crippen LogP contribution in [0.5, 0.6) is 0 Å². The van der Waals surface area contributed by atoms with Crippen molar-refractivity contribution in [3.05, 3.63) is 64.2 Å². The van der Waals surface area contributed by atoms with Crippen molar-refractivity contribution in [1.29, 1.82) is 0 Å². The highest BCUT2D eigenvalue weighted by Gasteiger charge is 2.25. The third kappa shape index (κ3) is 4.18. The second-order valence-electron chi connectivity index (χ2n) is 5.96. The quantitative estimate of drug-likeness (QED) is 0.672. The van der Waals surface area contributed by atoms with Gasteiger partial charge in [0.05, 0.1) is 10.5 Å². The molecule has 1 aliphatic rings. The number of hydrogen-bond acceptors (Lipinski definition) is 5. The minimum absolute atomic E-state index is 0.0658. The zero-order chi connectivity index (χ0) is 17.8. The molecule has 2 aromatic rings. The monoisotopic (exact) mass is 357 g/mol. The third-order valence-corrected chi connectivity index (χ3v) is 5.12. The van der Waals surface area contributed by atoms with Crippen LogP contribution in [0.15, 0.2) is 58.3 Å². The molecule has 1 fully saturated rings. The normalized spacial score (nSPS) is 17.3. The van der Waals surface area contributed by atoms with E-state index in [1.165, 1.54) is 23.9 Å². The number of rotatable bonds is 4. The van der Waals surface area contributed by atoms with E-state index in [1.54, 1.807) is 11.0 Å². The summed E-state index contributed by atoms with van der Waals surface area (Å²) in [5.41, 5.74) is 0.320. The van der Waals surface area contributed by atoms with Crippen molar-refractivity contribution in [1.82, 2.24) is 10.2 Å². The van der Waals surface area contributed by atoms with Gasteiger partial charge < -0.3 is 10.2 Å². The lowest BCUT2D eigenvalue weighted by atomic mass is 10.1. The Balaban J connectivity index is 1.94. The van der Waals surface area contributed by atoms with Gasteiger partial charge >= 0.3 is 0 Å². The number of carbonyl (C=O) groups is 1. The number of non-ortho nitro benzene ring substituents is 1. The van der Waals surface area contributed by atoms with E-state index >= 15 is 0 Å². The van der Waals surface area contributed by atoms with Gasteiger partial charge in [-0.3, -0.25) is 14.9 Å². The van der Waals surface area contributed by atoms with Crippen LogP contribution in [0, 0.1) is 10.1 Å².